The summed E-state index contributed by atoms with van der Waals surface area (Å²) in [5.74, 6) is 1.98. The Morgan fingerprint density at radius 1 is 1.26 bits per heavy atom. The normalized spacial score (nSPS) is 11.1. The smallest absolute Gasteiger partial charge is 0.137 e. The molecule has 1 heterocycles. The van der Waals surface area contributed by atoms with Gasteiger partial charge in [-0.05, 0) is 20.8 Å². The van der Waals surface area contributed by atoms with Crippen molar-refractivity contribution >= 4 is 17.4 Å². The number of anilines is 1. The number of aromatic nitrogens is 2. The molecule has 1 rings (SSSR count). The molecule has 4 nitrogen and oxygen atoms in total. The van der Waals surface area contributed by atoms with E-state index in [-0.39, 0.29) is 5.92 Å². The van der Waals surface area contributed by atoms with Gasteiger partial charge in [-0.15, -0.1) is 0 Å². The maximum atomic E-state index is 6.22. The molecule has 0 aliphatic heterocycles. The molecule has 108 valence electrons. The molecular weight excluding hydrogens is 262 g/mol. The van der Waals surface area contributed by atoms with Gasteiger partial charge in [-0.2, -0.15) is 0 Å². The van der Waals surface area contributed by atoms with Crippen molar-refractivity contribution in [2.75, 3.05) is 31.2 Å². The average Bonchev–Trinajstić information content (AvgIpc) is 2.38. The van der Waals surface area contributed by atoms with Gasteiger partial charge in [0.15, 0.2) is 0 Å². The molecule has 0 bridgehead atoms. The van der Waals surface area contributed by atoms with Crippen molar-refractivity contribution in [3.8, 4) is 0 Å². The molecule has 0 radical (unpaired) electrons. The Bertz CT molecular complexity index is 410. The van der Waals surface area contributed by atoms with Crippen LogP contribution in [-0.4, -0.2) is 36.3 Å². The summed E-state index contributed by atoms with van der Waals surface area (Å²) in [5, 5.41) is 0.545. The van der Waals surface area contributed by atoms with E-state index in [0.29, 0.717) is 11.8 Å². The highest BCUT2D eigenvalue weighted by Gasteiger charge is 2.16. The first-order valence-corrected chi connectivity index (χ1v) is 7.25. The van der Waals surface area contributed by atoms with Crippen LogP contribution in [0, 0.1) is 6.92 Å². The Balaban J connectivity index is 3.01. The van der Waals surface area contributed by atoms with Crippen molar-refractivity contribution in [2.45, 2.75) is 40.5 Å². The van der Waals surface area contributed by atoms with Gasteiger partial charge in [-0.25, -0.2) is 9.97 Å². The van der Waals surface area contributed by atoms with Crippen molar-refractivity contribution in [1.82, 2.24) is 9.97 Å². The summed E-state index contributed by atoms with van der Waals surface area (Å²) in [4.78, 5) is 11.2. The fourth-order valence-electron chi connectivity index (χ4n) is 1.79. The Morgan fingerprint density at radius 2 is 1.95 bits per heavy atom. The zero-order chi connectivity index (χ0) is 14.4. The number of ether oxygens (including phenoxy) is 1. The zero-order valence-electron chi connectivity index (χ0n) is 12.5. The zero-order valence-corrected chi connectivity index (χ0v) is 13.3. The number of nitrogens with zero attached hydrogens (tertiary/aromatic N) is 3. The molecular formula is C14H24ClN3O. The van der Waals surface area contributed by atoms with Crippen LogP contribution in [0.4, 0.5) is 5.82 Å². The molecule has 0 amide bonds. The summed E-state index contributed by atoms with van der Waals surface area (Å²) >= 11 is 6.22. The van der Waals surface area contributed by atoms with Crippen molar-refractivity contribution in [1.29, 1.82) is 0 Å². The van der Waals surface area contributed by atoms with Crippen LogP contribution in [0.3, 0.4) is 0 Å². The van der Waals surface area contributed by atoms with E-state index in [9.17, 15) is 0 Å². The third-order valence-corrected chi connectivity index (χ3v) is 3.35. The second-order valence-electron chi connectivity index (χ2n) is 4.75. The summed E-state index contributed by atoms with van der Waals surface area (Å²) in [6.07, 6.45) is 0. The summed E-state index contributed by atoms with van der Waals surface area (Å²) in [7, 11) is 0. The van der Waals surface area contributed by atoms with E-state index in [1.54, 1.807) is 0 Å². The molecule has 5 heteroatoms. The van der Waals surface area contributed by atoms with Crippen LogP contribution in [0.5, 0.6) is 0 Å². The van der Waals surface area contributed by atoms with Crippen molar-refractivity contribution < 1.29 is 4.74 Å². The molecule has 0 N–H and O–H groups in total. The van der Waals surface area contributed by atoms with Gasteiger partial charge in [0.05, 0.1) is 6.61 Å². The molecule has 0 spiro atoms. The Labute approximate surface area is 121 Å². The number of hydrogen-bond donors (Lipinski definition) is 0. The minimum absolute atomic E-state index is 0.266. The highest BCUT2D eigenvalue weighted by Crippen LogP contribution is 2.25. The molecule has 19 heavy (non-hydrogen) atoms. The maximum Gasteiger partial charge on any atom is 0.137 e. The number of hydrogen-bond acceptors (Lipinski definition) is 4. The number of rotatable bonds is 7. The molecule has 0 atom stereocenters. The lowest BCUT2D eigenvalue weighted by Gasteiger charge is -2.24. The van der Waals surface area contributed by atoms with E-state index in [1.165, 1.54) is 0 Å². The van der Waals surface area contributed by atoms with Gasteiger partial charge in [0, 0.05) is 31.2 Å². The fourth-order valence-corrected chi connectivity index (χ4v) is 1.96. The summed E-state index contributed by atoms with van der Waals surface area (Å²) < 4.78 is 5.42. The van der Waals surface area contributed by atoms with Crippen LogP contribution in [0.25, 0.3) is 0 Å². The molecule has 1 aromatic rings. The van der Waals surface area contributed by atoms with E-state index >= 15 is 0 Å². The van der Waals surface area contributed by atoms with E-state index in [4.69, 9.17) is 16.3 Å². The van der Waals surface area contributed by atoms with Gasteiger partial charge < -0.3 is 9.64 Å². The van der Waals surface area contributed by atoms with Gasteiger partial charge in [-0.1, -0.05) is 25.4 Å². The summed E-state index contributed by atoms with van der Waals surface area (Å²) in [6, 6.07) is 0. The van der Waals surface area contributed by atoms with E-state index < -0.39 is 0 Å². The molecule has 0 aromatic carbocycles. The lowest BCUT2D eigenvalue weighted by Crippen LogP contribution is -2.29. The highest BCUT2D eigenvalue weighted by atomic mass is 35.5. The molecule has 0 aliphatic rings. The predicted octanol–water partition coefficient (Wildman–Crippen LogP) is 3.42. The average molecular weight is 286 g/mol. The Morgan fingerprint density at radius 3 is 2.47 bits per heavy atom. The van der Waals surface area contributed by atoms with Gasteiger partial charge in [0.2, 0.25) is 0 Å². The molecule has 0 fully saturated rings. The predicted molar refractivity (Wildman–Crippen MR) is 80.2 cm³/mol. The first-order valence-electron chi connectivity index (χ1n) is 6.87. The largest absolute Gasteiger partial charge is 0.380 e. The van der Waals surface area contributed by atoms with E-state index in [2.05, 4.69) is 35.6 Å². The minimum Gasteiger partial charge on any atom is -0.380 e. The monoisotopic (exact) mass is 285 g/mol. The number of likely N-dealkylation sites (N-methyl/N-ethyl adjacent to an activating group) is 1. The van der Waals surface area contributed by atoms with Crippen LogP contribution in [-0.2, 0) is 4.74 Å². The summed E-state index contributed by atoms with van der Waals surface area (Å²) in [6.45, 7) is 13.3. The van der Waals surface area contributed by atoms with Crippen LogP contribution < -0.4 is 4.90 Å². The van der Waals surface area contributed by atoms with E-state index in [1.807, 2.05) is 13.8 Å². The van der Waals surface area contributed by atoms with Crippen molar-refractivity contribution in [2.24, 2.45) is 0 Å². The Hall–Kier alpha value is -0.870. The quantitative estimate of drug-likeness (QED) is 0.568. The standard InChI is InChI=1S/C14H24ClN3O/c1-6-18(8-9-19-7-2)14-11(5)12(15)16-13(17-14)10(3)4/h10H,6-9H2,1-5H3. The topological polar surface area (TPSA) is 38.2 Å². The number of halogens is 1. The minimum atomic E-state index is 0.266. The molecule has 1 aromatic heterocycles. The molecule has 0 aliphatic carbocycles. The van der Waals surface area contributed by atoms with Crippen molar-refractivity contribution in [3.63, 3.8) is 0 Å². The van der Waals surface area contributed by atoms with Crippen molar-refractivity contribution in [3.05, 3.63) is 16.5 Å². The van der Waals surface area contributed by atoms with Crippen LogP contribution in [0.2, 0.25) is 5.15 Å². The summed E-state index contributed by atoms with van der Waals surface area (Å²) in [5.41, 5.74) is 0.935. The second kappa shape index (κ2) is 7.65. The van der Waals surface area contributed by atoms with E-state index in [0.717, 1.165) is 36.9 Å². The van der Waals surface area contributed by atoms with Crippen LogP contribution in [0.1, 0.15) is 45.0 Å². The van der Waals surface area contributed by atoms with Crippen LogP contribution >= 0.6 is 11.6 Å². The Kier molecular flexibility index (Phi) is 6.52. The lowest BCUT2D eigenvalue weighted by molar-refractivity contribution is 0.154. The van der Waals surface area contributed by atoms with Crippen LogP contribution in [0.15, 0.2) is 0 Å². The molecule has 0 saturated carbocycles. The molecule has 0 saturated heterocycles. The SMILES string of the molecule is CCOCCN(CC)c1nc(C(C)C)nc(Cl)c1C. The third-order valence-electron chi connectivity index (χ3n) is 2.99. The van der Waals surface area contributed by atoms with Gasteiger partial charge in [0.25, 0.3) is 0 Å². The molecule has 0 unspecified atom stereocenters. The fraction of sp³-hybridized carbons (Fsp3) is 0.714. The maximum absolute atomic E-state index is 6.22. The van der Waals surface area contributed by atoms with Gasteiger partial charge in [-0.3, -0.25) is 0 Å². The first kappa shape index (κ1) is 16.2. The van der Waals surface area contributed by atoms with Gasteiger partial charge >= 0.3 is 0 Å². The van der Waals surface area contributed by atoms with Gasteiger partial charge in [0.1, 0.15) is 16.8 Å². The lowest BCUT2D eigenvalue weighted by atomic mass is 10.2. The third kappa shape index (κ3) is 4.32. The highest BCUT2D eigenvalue weighted by molar-refractivity contribution is 6.30. The second-order valence-corrected chi connectivity index (χ2v) is 5.11. The first-order chi connectivity index (χ1) is 9.01.